The molecule has 1 aromatic heterocycles. The van der Waals surface area contributed by atoms with Crippen LogP contribution in [0.5, 0.6) is 11.5 Å². The van der Waals surface area contributed by atoms with Gasteiger partial charge >= 0.3 is 5.97 Å². The van der Waals surface area contributed by atoms with Gasteiger partial charge < -0.3 is 14.2 Å². The van der Waals surface area contributed by atoms with Crippen LogP contribution in [0.4, 0.5) is 0 Å². The van der Waals surface area contributed by atoms with E-state index in [1.807, 2.05) is 50.2 Å². The van der Waals surface area contributed by atoms with Crippen molar-refractivity contribution in [2.24, 2.45) is 4.99 Å². The molecule has 1 aliphatic rings. The summed E-state index contributed by atoms with van der Waals surface area (Å²) in [7, 11) is 0. The number of ether oxygens (including phenoxy) is 3. The molecule has 0 unspecified atom stereocenters. The summed E-state index contributed by atoms with van der Waals surface area (Å²) in [6.45, 7) is 7.63. The van der Waals surface area contributed by atoms with Gasteiger partial charge in [-0.25, -0.2) is 9.79 Å². The van der Waals surface area contributed by atoms with Crippen molar-refractivity contribution >= 4 is 61.9 Å². The smallest absolute Gasteiger partial charge is 0.338 e. The highest BCUT2D eigenvalue weighted by Gasteiger charge is 2.35. The maximum Gasteiger partial charge on any atom is 0.338 e. The van der Waals surface area contributed by atoms with E-state index in [4.69, 9.17) is 20.6 Å². The lowest BCUT2D eigenvalue weighted by Gasteiger charge is -2.26. The minimum Gasteiger partial charge on any atom is -0.491 e. The number of halogens is 2. The predicted octanol–water partition coefficient (Wildman–Crippen LogP) is 4.96. The minimum atomic E-state index is -0.780. The molecule has 7 nitrogen and oxygen atoms in total. The van der Waals surface area contributed by atoms with Gasteiger partial charge in [0.1, 0.15) is 24.1 Å². The lowest BCUT2D eigenvalue weighted by Crippen LogP contribution is -2.40. The standard InChI is InChI=1S/C29H26BrIN2O5S/c1-6-12-37-26-18(13-19(30)15-21(26)31)14-23-27(34)33-25(20-10-8-9-11-22(20)38-16(3)4)24(28(35)36-7-2)17(5)32-29(33)39-23/h1,8-11,13-16,25H,7,12H2,2-5H3/b23-14-/t25-/m1/s1. The number of hydrogen-bond donors (Lipinski definition) is 0. The molecule has 2 aromatic carbocycles. The summed E-state index contributed by atoms with van der Waals surface area (Å²) in [4.78, 5) is 32.4. The fourth-order valence-corrected chi connectivity index (χ4v) is 6.99. The quantitative estimate of drug-likeness (QED) is 0.187. The fraction of sp³-hybridized carbons (Fsp3) is 0.276. The molecule has 3 aromatic rings. The summed E-state index contributed by atoms with van der Waals surface area (Å²) in [6.07, 6.45) is 7.07. The van der Waals surface area contributed by atoms with E-state index in [0.717, 1.165) is 8.04 Å². The number of carbonyl (C=O) groups is 1. The molecule has 1 atom stereocenters. The second-order valence-electron chi connectivity index (χ2n) is 8.81. The molecule has 0 saturated carbocycles. The highest BCUT2D eigenvalue weighted by molar-refractivity contribution is 14.1. The van der Waals surface area contributed by atoms with E-state index in [-0.39, 0.29) is 24.9 Å². The Morgan fingerprint density at radius 1 is 1.33 bits per heavy atom. The number of rotatable bonds is 8. The van der Waals surface area contributed by atoms with E-state index in [0.29, 0.717) is 43.2 Å². The van der Waals surface area contributed by atoms with Crippen LogP contribution < -0.4 is 24.4 Å². The van der Waals surface area contributed by atoms with E-state index >= 15 is 0 Å². The molecule has 4 rings (SSSR count). The van der Waals surface area contributed by atoms with Gasteiger partial charge in [0, 0.05) is 15.6 Å². The Labute approximate surface area is 252 Å². The first-order valence-corrected chi connectivity index (χ1v) is 14.9. The van der Waals surface area contributed by atoms with Gasteiger partial charge in [0.15, 0.2) is 4.80 Å². The number of benzene rings is 2. The van der Waals surface area contributed by atoms with Crippen molar-refractivity contribution in [1.82, 2.24) is 4.57 Å². The molecule has 10 heteroatoms. The van der Waals surface area contributed by atoms with Crippen molar-refractivity contribution in [3.63, 3.8) is 0 Å². The lowest BCUT2D eigenvalue weighted by molar-refractivity contribution is -0.139. The zero-order valence-electron chi connectivity index (χ0n) is 21.8. The van der Waals surface area contributed by atoms with Crippen molar-refractivity contribution in [2.75, 3.05) is 13.2 Å². The van der Waals surface area contributed by atoms with Gasteiger partial charge in [0.25, 0.3) is 5.56 Å². The third kappa shape index (κ3) is 6.15. The van der Waals surface area contributed by atoms with Gasteiger partial charge in [-0.3, -0.25) is 9.36 Å². The van der Waals surface area contributed by atoms with Gasteiger partial charge in [0.05, 0.1) is 32.1 Å². The van der Waals surface area contributed by atoms with E-state index in [1.54, 1.807) is 24.5 Å². The van der Waals surface area contributed by atoms with Crippen LogP contribution >= 0.6 is 49.9 Å². The van der Waals surface area contributed by atoms with Gasteiger partial charge in [-0.05, 0) is 74.6 Å². The van der Waals surface area contributed by atoms with Crippen LogP contribution in [0.25, 0.3) is 6.08 Å². The third-order valence-electron chi connectivity index (χ3n) is 5.72. The van der Waals surface area contributed by atoms with Crippen molar-refractivity contribution in [1.29, 1.82) is 0 Å². The molecule has 0 N–H and O–H groups in total. The molecule has 2 heterocycles. The Morgan fingerprint density at radius 2 is 2.08 bits per heavy atom. The molecule has 0 radical (unpaired) electrons. The van der Waals surface area contributed by atoms with Crippen molar-refractivity contribution in [2.45, 2.75) is 39.8 Å². The molecule has 202 valence electrons. The van der Waals surface area contributed by atoms with Gasteiger partial charge in [0.2, 0.25) is 0 Å². The number of fused-ring (bicyclic) bond motifs is 1. The molecular weight excluding hydrogens is 695 g/mol. The summed E-state index contributed by atoms with van der Waals surface area (Å²) >= 11 is 6.93. The topological polar surface area (TPSA) is 79.1 Å². The molecule has 0 saturated heterocycles. The molecule has 0 fully saturated rings. The molecule has 0 aliphatic carbocycles. The Balaban J connectivity index is 2.00. The van der Waals surface area contributed by atoms with Crippen molar-refractivity contribution in [3.05, 3.63) is 86.5 Å². The summed E-state index contributed by atoms with van der Waals surface area (Å²) < 4.78 is 21.0. The van der Waals surface area contributed by atoms with E-state index in [1.165, 1.54) is 11.3 Å². The molecule has 0 spiro atoms. The number of nitrogens with zero attached hydrogens (tertiary/aromatic N) is 2. The maximum absolute atomic E-state index is 14.0. The monoisotopic (exact) mass is 720 g/mol. The first kappa shape index (κ1) is 29.1. The third-order valence-corrected chi connectivity index (χ3v) is 7.96. The number of allylic oxidation sites excluding steroid dienone is 1. The Bertz CT molecular complexity index is 1680. The number of thiazole rings is 1. The highest BCUT2D eigenvalue weighted by atomic mass is 127. The normalized spacial score (nSPS) is 15.0. The second-order valence-corrected chi connectivity index (χ2v) is 11.9. The SMILES string of the molecule is C#CCOc1c(I)cc(Br)cc1/C=c1\sc2n(c1=O)[C@H](c1ccccc1OC(C)C)C(C(=O)OCC)=C(C)N=2. The first-order valence-electron chi connectivity index (χ1n) is 12.2. The number of carbonyl (C=O) groups excluding carboxylic acids is 1. The Morgan fingerprint density at radius 3 is 2.77 bits per heavy atom. The number of terminal acetylenes is 1. The van der Waals surface area contributed by atoms with Gasteiger partial charge in [-0.2, -0.15) is 0 Å². The molecule has 0 amide bonds. The van der Waals surface area contributed by atoms with E-state index < -0.39 is 12.0 Å². The van der Waals surface area contributed by atoms with E-state index in [9.17, 15) is 9.59 Å². The zero-order chi connectivity index (χ0) is 28.3. The van der Waals surface area contributed by atoms with Crippen molar-refractivity contribution < 1.29 is 19.0 Å². The summed E-state index contributed by atoms with van der Waals surface area (Å²) in [6, 6.07) is 10.4. The van der Waals surface area contributed by atoms with E-state index in [2.05, 4.69) is 49.4 Å². The van der Waals surface area contributed by atoms with Crippen molar-refractivity contribution in [3.8, 4) is 23.8 Å². The number of esters is 1. The second kappa shape index (κ2) is 12.5. The van der Waals surface area contributed by atoms with Crippen LogP contribution in [0.2, 0.25) is 0 Å². The fourth-order valence-electron chi connectivity index (χ4n) is 4.25. The number of hydrogen-bond acceptors (Lipinski definition) is 7. The lowest BCUT2D eigenvalue weighted by atomic mass is 9.95. The summed E-state index contributed by atoms with van der Waals surface area (Å²) in [5, 5.41) is 0. The number of aromatic nitrogens is 1. The predicted molar refractivity (Wildman–Crippen MR) is 164 cm³/mol. The van der Waals surface area contributed by atoms with Crippen LogP contribution in [0, 0.1) is 15.9 Å². The average Bonchev–Trinajstić information content (AvgIpc) is 3.17. The summed E-state index contributed by atoms with van der Waals surface area (Å²) in [5.74, 6) is 3.12. The Kier molecular flexibility index (Phi) is 9.35. The molecule has 0 bridgehead atoms. The Hall–Kier alpha value is -2.88. The molecule has 1 aliphatic heterocycles. The number of para-hydroxylation sites is 1. The van der Waals surface area contributed by atoms with Gasteiger partial charge in [-0.15, -0.1) is 6.42 Å². The van der Waals surface area contributed by atoms with Gasteiger partial charge in [-0.1, -0.05) is 51.4 Å². The zero-order valence-corrected chi connectivity index (χ0v) is 26.3. The van der Waals surface area contributed by atoms with Crippen LogP contribution in [-0.4, -0.2) is 29.9 Å². The van der Waals surface area contributed by atoms with Crippen LogP contribution in [-0.2, 0) is 9.53 Å². The largest absolute Gasteiger partial charge is 0.491 e. The molecule has 39 heavy (non-hydrogen) atoms. The average molecular weight is 721 g/mol. The van der Waals surface area contributed by atoms with Crippen LogP contribution in [0.15, 0.2) is 61.9 Å². The maximum atomic E-state index is 14.0. The van der Waals surface area contributed by atoms with Crippen LogP contribution in [0.3, 0.4) is 0 Å². The van der Waals surface area contributed by atoms with Crippen LogP contribution in [0.1, 0.15) is 44.9 Å². The minimum absolute atomic E-state index is 0.0917. The first-order chi connectivity index (χ1) is 18.7. The summed E-state index contributed by atoms with van der Waals surface area (Å²) in [5.41, 5.74) is 1.85. The molecular formula is C29H26BrIN2O5S. The highest BCUT2D eigenvalue weighted by Crippen LogP contribution is 2.36.